The highest BCUT2D eigenvalue weighted by Gasteiger charge is 2.38. The molecule has 1 aliphatic heterocycles. The van der Waals surface area contributed by atoms with Gasteiger partial charge in [0, 0.05) is 5.69 Å². The summed E-state index contributed by atoms with van der Waals surface area (Å²) in [5, 5.41) is 10.0. The van der Waals surface area contributed by atoms with Crippen LogP contribution < -0.4 is 10.7 Å². The Kier molecular flexibility index (Phi) is 5.61. The molecule has 0 aliphatic carbocycles. The van der Waals surface area contributed by atoms with E-state index in [1.165, 1.54) is 17.8 Å². The van der Waals surface area contributed by atoms with Crippen molar-refractivity contribution in [3.8, 4) is 0 Å². The number of anilines is 1. The fourth-order valence-corrected chi connectivity index (χ4v) is 4.57. The molecule has 0 fully saturated rings. The number of nitrogens with one attached hydrogen (secondary N) is 2. The van der Waals surface area contributed by atoms with Gasteiger partial charge >= 0.3 is 6.18 Å². The molecule has 2 heterocycles. The Balaban J connectivity index is 1.65. The van der Waals surface area contributed by atoms with E-state index in [0.717, 1.165) is 23.3 Å². The van der Waals surface area contributed by atoms with Gasteiger partial charge in [0.25, 0.3) is 0 Å². The number of rotatable bonds is 3. The van der Waals surface area contributed by atoms with Crippen LogP contribution in [0, 0.1) is 13.8 Å². The molecule has 0 saturated heterocycles. The summed E-state index contributed by atoms with van der Waals surface area (Å²) in [7, 11) is 0. The molecule has 0 radical (unpaired) electrons. The molecule has 11 heteroatoms. The van der Waals surface area contributed by atoms with Crippen LogP contribution in [0.5, 0.6) is 0 Å². The molecule has 1 amide bonds. The van der Waals surface area contributed by atoms with Gasteiger partial charge in [-0.2, -0.15) is 13.2 Å². The van der Waals surface area contributed by atoms with Crippen LogP contribution in [0.25, 0.3) is 0 Å². The van der Waals surface area contributed by atoms with Gasteiger partial charge in [-0.05, 0) is 37.6 Å². The van der Waals surface area contributed by atoms with Crippen LogP contribution in [0.1, 0.15) is 28.6 Å². The van der Waals surface area contributed by atoms with Crippen LogP contribution in [0.3, 0.4) is 0 Å². The largest absolute Gasteiger partial charge is 0.417 e. The molecular weight excluding hydrogens is 451 g/mol. The molecule has 31 heavy (non-hydrogen) atoms. The molecule has 0 spiro atoms. The molecular formula is C20H17ClF3N5OS. The molecule has 1 aromatic heterocycles. The Bertz CT molecular complexity index is 1130. The van der Waals surface area contributed by atoms with E-state index in [4.69, 9.17) is 11.6 Å². The van der Waals surface area contributed by atoms with E-state index in [1.54, 1.807) is 11.6 Å². The molecule has 0 bridgehead atoms. The standard InChI is InChI=1S/C20H17ClF3N5OS/c1-10-3-5-12(6-4-10)16-17(31-19-27-26-11(2)29(19)28-16)18(30)25-13-7-8-15(21)14(9-13)20(22,23)24/h3-9,16-17,28H,1-2H3,(H,25,30)/t16-,17-/m1/s1. The van der Waals surface area contributed by atoms with Crippen molar-refractivity contribution in [3.05, 3.63) is 70.0 Å². The van der Waals surface area contributed by atoms with Crippen molar-refractivity contribution in [1.82, 2.24) is 14.9 Å². The molecule has 2 aromatic carbocycles. The number of aromatic nitrogens is 3. The lowest BCUT2D eigenvalue weighted by Gasteiger charge is -2.32. The third kappa shape index (κ3) is 4.35. The lowest BCUT2D eigenvalue weighted by atomic mass is 10.0. The quantitative estimate of drug-likeness (QED) is 0.569. The molecule has 1 aliphatic rings. The van der Waals surface area contributed by atoms with Crippen LogP contribution in [0.2, 0.25) is 5.02 Å². The SMILES string of the molecule is Cc1ccc([C@H]2Nn3c(C)nnc3S[C@H]2C(=O)Nc2ccc(Cl)c(C(F)(F)F)c2)cc1. The number of carbonyl (C=O) groups is 1. The van der Waals surface area contributed by atoms with Gasteiger partial charge in [0.15, 0.2) is 0 Å². The van der Waals surface area contributed by atoms with E-state index in [0.29, 0.717) is 11.0 Å². The maximum absolute atomic E-state index is 13.2. The second-order valence-corrected chi connectivity index (χ2v) is 8.62. The first-order valence-electron chi connectivity index (χ1n) is 9.23. The van der Waals surface area contributed by atoms with Gasteiger partial charge in [-0.15, -0.1) is 10.2 Å². The molecule has 0 unspecified atom stereocenters. The first kappa shape index (κ1) is 21.5. The van der Waals surface area contributed by atoms with Gasteiger partial charge in [0.2, 0.25) is 11.1 Å². The Labute approximate surface area is 185 Å². The van der Waals surface area contributed by atoms with E-state index < -0.39 is 34.0 Å². The summed E-state index contributed by atoms with van der Waals surface area (Å²) in [5.74, 6) is 0.163. The minimum atomic E-state index is -4.63. The van der Waals surface area contributed by atoms with Crippen LogP contribution in [-0.4, -0.2) is 26.0 Å². The Morgan fingerprint density at radius 2 is 1.87 bits per heavy atom. The lowest BCUT2D eigenvalue weighted by molar-refractivity contribution is -0.137. The number of aryl methyl sites for hydroxylation is 2. The van der Waals surface area contributed by atoms with E-state index >= 15 is 0 Å². The monoisotopic (exact) mass is 467 g/mol. The summed E-state index contributed by atoms with van der Waals surface area (Å²) in [6, 6.07) is 10.5. The minimum Gasteiger partial charge on any atom is -0.325 e. The second kappa shape index (κ2) is 8.08. The maximum Gasteiger partial charge on any atom is 0.417 e. The van der Waals surface area contributed by atoms with Gasteiger partial charge in [-0.3, -0.25) is 4.79 Å². The molecule has 2 N–H and O–H groups in total. The molecule has 4 rings (SSSR count). The van der Waals surface area contributed by atoms with Crippen molar-refractivity contribution < 1.29 is 18.0 Å². The fraction of sp³-hybridized carbons (Fsp3) is 0.250. The van der Waals surface area contributed by atoms with Gasteiger partial charge in [-0.1, -0.05) is 53.2 Å². The second-order valence-electron chi connectivity index (χ2n) is 7.10. The average molecular weight is 468 g/mol. The summed E-state index contributed by atoms with van der Waals surface area (Å²) in [6.45, 7) is 3.74. The van der Waals surface area contributed by atoms with Crippen LogP contribution in [0.4, 0.5) is 18.9 Å². The number of amides is 1. The summed E-state index contributed by atoms with van der Waals surface area (Å²) in [5.41, 5.74) is 4.17. The summed E-state index contributed by atoms with van der Waals surface area (Å²) in [6.07, 6.45) is -4.63. The highest BCUT2D eigenvalue weighted by molar-refractivity contribution is 8.00. The number of halogens is 4. The zero-order valence-corrected chi connectivity index (χ0v) is 17.9. The minimum absolute atomic E-state index is 0.00759. The van der Waals surface area contributed by atoms with Gasteiger partial charge in [0.1, 0.15) is 11.1 Å². The average Bonchev–Trinajstić information content (AvgIpc) is 3.08. The van der Waals surface area contributed by atoms with Crippen molar-refractivity contribution in [2.24, 2.45) is 0 Å². The number of hydrogen-bond donors (Lipinski definition) is 2. The molecule has 2 atom stereocenters. The number of fused-ring (bicyclic) bond motifs is 1. The van der Waals surface area contributed by atoms with Crippen molar-refractivity contribution >= 4 is 35.0 Å². The fourth-order valence-electron chi connectivity index (χ4n) is 3.22. The molecule has 0 saturated carbocycles. The van der Waals surface area contributed by atoms with Crippen molar-refractivity contribution in [2.45, 2.75) is 36.5 Å². The van der Waals surface area contributed by atoms with Crippen LogP contribution >= 0.6 is 23.4 Å². The maximum atomic E-state index is 13.2. The topological polar surface area (TPSA) is 71.8 Å². The predicted molar refractivity (Wildman–Crippen MR) is 113 cm³/mol. The highest BCUT2D eigenvalue weighted by Crippen LogP contribution is 2.39. The van der Waals surface area contributed by atoms with Crippen LogP contribution in [0.15, 0.2) is 47.6 Å². The number of alkyl halides is 3. The van der Waals surface area contributed by atoms with E-state index in [-0.39, 0.29) is 5.69 Å². The predicted octanol–water partition coefficient (Wildman–Crippen LogP) is 4.96. The molecule has 6 nitrogen and oxygen atoms in total. The zero-order chi connectivity index (χ0) is 22.3. The van der Waals surface area contributed by atoms with Crippen molar-refractivity contribution in [2.75, 3.05) is 10.7 Å². The number of nitrogens with zero attached hydrogens (tertiary/aromatic N) is 3. The third-order valence-electron chi connectivity index (χ3n) is 4.83. The number of benzene rings is 2. The van der Waals surface area contributed by atoms with Crippen molar-refractivity contribution in [3.63, 3.8) is 0 Å². The normalized spacial score (nSPS) is 18.3. The van der Waals surface area contributed by atoms with E-state index in [1.807, 2.05) is 31.2 Å². The van der Waals surface area contributed by atoms with Gasteiger partial charge < -0.3 is 10.7 Å². The summed E-state index contributed by atoms with van der Waals surface area (Å²) in [4.78, 5) is 13.1. The highest BCUT2D eigenvalue weighted by atomic mass is 35.5. The summed E-state index contributed by atoms with van der Waals surface area (Å²) < 4.78 is 41.2. The number of thioether (sulfide) groups is 1. The van der Waals surface area contributed by atoms with Crippen molar-refractivity contribution in [1.29, 1.82) is 0 Å². The van der Waals surface area contributed by atoms with Gasteiger partial charge in [-0.25, -0.2) is 4.68 Å². The Hall–Kier alpha value is -2.72. The smallest absolute Gasteiger partial charge is 0.325 e. The first-order valence-corrected chi connectivity index (χ1v) is 10.5. The van der Waals surface area contributed by atoms with E-state index in [9.17, 15) is 18.0 Å². The first-order chi connectivity index (χ1) is 14.6. The zero-order valence-electron chi connectivity index (χ0n) is 16.4. The van der Waals surface area contributed by atoms with E-state index in [2.05, 4.69) is 20.9 Å². The van der Waals surface area contributed by atoms with Crippen LogP contribution in [-0.2, 0) is 11.0 Å². The molecule has 3 aromatic rings. The third-order valence-corrected chi connectivity index (χ3v) is 6.38. The van der Waals surface area contributed by atoms with Gasteiger partial charge in [0.05, 0.1) is 16.6 Å². The summed E-state index contributed by atoms with van der Waals surface area (Å²) >= 11 is 6.87. The number of hydrogen-bond acceptors (Lipinski definition) is 5. The number of carbonyl (C=O) groups excluding carboxylic acids is 1. The Morgan fingerprint density at radius 1 is 1.16 bits per heavy atom. The lowest BCUT2D eigenvalue weighted by Crippen LogP contribution is -2.41. The molecule has 162 valence electrons. The Morgan fingerprint density at radius 3 is 2.55 bits per heavy atom.